The first-order chi connectivity index (χ1) is 6.35. The summed E-state index contributed by atoms with van der Waals surface area (Å²) in [5, 5.41) is 18.3. The third-order valence-corrected chi connectivity index (χ3v) is 1.35. The van der Waals surface area contributed by atoms with E-state index >= 15 is 0 Å². The summed E-state index contributed by atoms with van der Waals surface area (Å²) in [7, 11) is 0. The van der Waals surface area contributed by atoms with Gasteiger partial charge in [0.05, 0.1) is 33.0 Å². The second-order valence-electron chi connectivity index (χ2n) is 2.52. The van der Waals surface area contributed by atoms with E-state index in [0.29, 0.717) is 6.54 Å². The van der Waals surface area contributed by atoms with Crippen LogP contribution in [0.25, 0.3) is 0 Å². The zero-order valence-electron chi connectivity index (χ0n) is 10.8. The van der Waals surface area contributed by atoms with E-state index in [0.717, 1.165) is 12.8 Å². The van der Waals surface area contributed by atoms with Crippen molar-refractivity contribution in [1.82, 2.24) is 5.23 Å². The van der Waals surface area contributed by atoms with Crippen LogP contribution < -0.4 is 0 Å². The van der Waals surface area contributed by atoms with Crippen LogP contribution in [0, 0.1) is 0 Å². The second kappa shape index (κ2) is 14.1. The smallest absolute Gasteiger partial charge is 1.00 e. The number of rotatable bonds is 9. The van der Waals surface area contributed by atoms with Gasteiger partial charge in [0.2, 0.25) is 0 Å². The average Bonchev–Trinajstić information content (AvgIpc) is 2.17. The molecule has 0 aliphatic rings. The minimum Gasteiger partial charge on any atom is -1.00 e. The fourth-order valence-corrected chi connectivity index (χ4v) is 0.739. The number of nitrogens with zero attached hydrogens (tertiary/aromatic N) is 1. The summed E-state index contributed by atoms with van der Waals surface area (Å²) in [6.07, 6.45) is 2.00. The monoisotopic (exact) mass is 235 g/mol. The Morgan fingerprint density at radius 2 is 1.64 bits per heavy atom. The molecule has 0 unspecified atom stereocenters. The van der Waals surface area contributed by atoms with Crippen LogP contribution in [0.3, 0.4) is 0 Å². The van der Waals surface area contributed by atoms with Crippen LogP contribution in [0.4, 0.5) is 0 Å². The molecule has 0 saturated carbocycles. The Bertz CT molecular complexity index is 97.0. The molecule has 0 radical (unpaired) electrons. The summed E-state index contributed by atoms with van der Waals surface area (Å²) in [6.45, 7) is 3.08. The number of hydrogen-bond donors (Lipinski definition) is 2. The second-order valence-corrected chi connectivity index (χ2v) is 2.52. The van der Waals surface area contributed by atoms with Crippen LogP contribution in [0.1, 0.15) is 22.6 Å². The minimum atomic E-state index is -0.0366. The van der Waals surface area contributed by atoms with Crippen molar-refractivity contribution in [2.24, 2.45) is 0 Å². The normalized spacial score (nSPS) is 10.3. The SMILES string of the molecule is CCCCN(OCCO)OCCO.[Ca+2].[H-].[H-]. The van der Waals surface area contributed by atoms with Crippen molar-refractivity contribution in [3.05, 3.63) is 0 Å². The number of aliphatic hydroxyl groups excluding tert-OH is 2. The molecular formula is C8H21CaNO4. The van der Waals surface area contributed by atoms with E-state index in [-0.39, 0.29) is 67.0 Å². The number of unbranched alkanes of at least 4 members (excludes halogenated alkanes) is 1. The summed E-state index contributed by atoms with van der Waals surface area (Å²) in [5.74, 6) is 0. The summed E-state index contributed by atoms with van der Waals surface area (Å²) in [6, 6.07) is 0. The average molecular weight is 235 g/mol. The van der Waals surface area contributed by atoms with Crippen molar-refractivity contribution in [2.75, 3.05) is 33.0 Å². The molecule has 0 spiro atoms. The van der Waals surface area contributed by atoms with Crippen LogP contribution in [-0.4, -0.2) is 86.2 Å². The van der Waals surface area contributed by atoms with Gasteiger partial charge in [-0.05, 0) is 6.42 Å². The van der Waals surface area contributed by atoms with E-state index in [1.54, 1.807) is 0 Å². The Hall–Kier alpha value is 1.06. The van der Waals surface area contributed by atoms with Crippen molar-refractivity contribution in [3.8, 4) is 0 Å². The van der Waals surface area contributed by atoms with Crippen LogP contribution in [0.5, 0.6) is 0 Å². The molecule has 5 nitrogen and oxygen atoms in total. The Morgan fingerprint density at radius 3 is 2.00 bits per heavy atom. The number of hydrogen-bond acceptors (Lipinski definition) is 5. The Balaban J connectivity index is -0.000000240. The fraction of sp³-hybridized carbons (Fsp3) is 1.00. The quantitative estimate of drug-likeness (QED) is 0.427. The molecule has 0 aliphatic heterocycles. The molecule has 0 aromatic carbocycles. The first-order valence-corrected chi connectivity index (χ1v) is 4.60. The molecule has 0 bridgehead atoms. The minimum absolute atomic E-state index is 0. The van der Waals surface area contributed by atoms with Gasteiger partial charge in [-0.25, -0.2) is 0 Å². The van der Waals surface area contributed by atoms with Gasteiger partial charge in [0.25, 0.3) is 0 Å². The Morgan fingerprint density at radius 1 is 1.14 bits per heavy atom. The van der Waals surface area contributed by atoms with Gasteiger partial charge in [-0.2, -0.15) is 0 Å². The van der Waals surface area contributed by atoms with Gasteiger partial charge >= 0.3 is 37.7 Å². The first-order valence-electron chi connectivity index (χ1n) is 4.60. The van der Waals surface area contributed by atoms with Gasteiger partial charge in [-0.15, -0.1) is 0 Å². The zero-order chi connectivity index (χ0) is 9.94. The van der Waals surface area contributed by atoms with Gasteiger partial charge in [0.1, 0.15) is 0 Å². The summed E-state index contributed by atoms with van der Waals surface area (Å²) >= 11 is 0. The van der Waals surface area contributed by atoms with Gasteiger partial charge in [0, 0.05) is 0 Å². The molecule has 0 fully saturated rings. The molecule has 0 rings (SSSR count). The van der Waals surface area contributed by atoms with Gasteiger partial charge in [-0.1, -0.05) is 18.6 Å². The number of hydroxylamine groups is 2. The van der Waals surface area contributed by atoms with Crippen LogP contribution in [0.2, 0.25) is 0 Å². The van der Waals surface area contributed by atoms with Crippen LogP contribution >= 0.6 is 0 Å². The molecule has 2 N–H and O–H groups in total. The molecule has 0 amide bonds. The maximum Gasteiger partial charge on any atom is 2.00 e. The maximum atomic E-state index is 8.51. The molecule has 84 valence electrons. The van der Waals surface area contributed by atoms with Crippen molar-refractivity contribution in [1.29, 1.82) is 0 Å². The van der Waals surface area contributed by atoms with Crippen molar-refractivity contribution in [3.63, 3.8) is 0 Å². The van der Waals surface area contributed by atoms with E-state index in [9.17, 15) is 0 Å². The van der Waals surface area contributed by atoms with Crippen molar-refractivity contribution >= 4 is 37.7 Å². The Kier molecular flexibility index (Phi) is 17.5. The van der Waals surface area contributed by atoms with E-state index in [4.69, 9.17) is 19.9 Å². The molecule has 0 atom stereocenters. The number of aliphatic hydroxyl groups is 2. The predicted octanol–water partition coefficient (Wildman–Crippen LogP) is -0.219. The molecule has 0 aliphatic carbocycles. The Labute approximate surface area is 118 Å². The van der Waals surface area contributed by atoms with Crippen molar-refractivity contribution in [2.45, 2.75) is 19.8 Å². The fourth-order valence-electron chi connectivity index (χ4n) is 0.739. The molecular weight excluding hydrogens is 214 g/mol. The van der Waals surface area contributed by atoms with E-state index in [1.165, 1.54) is 5.23 Å². The van der Waals surface area contributed by atoms with Crippen molar-refractivity contribution < 1.29 is 22.7 Å². The van der Waals surface area contributed by atoms with E-state index < -0.39 is 0 Å². The summed E-state index contributed by atoms with van der Waals surface area (Å²) in [5.41, 5.74) is 0. The molecule has 6 heteroatoms. The maximum absolute atomic E-state index is 8.51. The van der Waals surface area contributed by atoms with Gasteiger partial charge in [-0.3, -0.25) is 9.68 Å². The predicted molar refractivity (Wildman–Crippen MR) is 55.7 cm³/mol. The van der Waals surface area contributed by atoms with Gasteiger partial charge < -0.3 is 13.1 Å². The summed E-state index contributed by atoms with van der Waals surface area (Å²) < 4.78 is 0. The summed E-state index contributed by atoms with van der Waals surface area (Å²) in [4.78, 5) is 10.1. The molecule has 0 aromatic rings. The molecule has 14 heavy (non-hydrogen) atoms. The molecule has 0 heterocycles. The first kappa shape index (κ1) is 17.5. The molecule has 0 saturated heterocycles. The standard InChI is InChI=1S/C8H19NO4.Ca.2H/c1-2-3-4-9(12-7-5-10)13-8-6-11;;;/h10-11H,2-8H2,1H3;;;/q;+2;2*-1. The van der Waals surface area contributed by atoms with E-state index in [1.807, 2.05) is 0 Å². The van der Waals surface area contributed by atoms with Crippen LogP contribution in [0.15, 0.2) is 0 Å². The van der Waals surface area contributed by atoms with E-state index in [2.05, 4.69) is 6.92 Å². The third kappa shape index (κ3) is 11.1. The van der Waals surface area contributed by atoms with Crippen LogP contribution in [-0.2, 0) is 9.68 Å². The largest absolute Gasteiger partial charge is 2.00 e. The topological polar surface area (TPSA) is 62.2 Å². The zero-order valence-corrected chi connectivity index (χ0v) is 11.0. The molecule has 0 aromatic heterocycles. The van der Waals surface area contributed by atoms with Gasteiger partial charge in [0.15, 0.2) is 0 Å². The third-order valence-electron chi connectivity index (χ3n) is 1.35.